The van der Waals surface area contributed by atoms with Gasteiger partial charge in [-0.3, -0.25) is 9.78 Å². The Bertz CT molecular complexity index is 1070. The van der Waals surface area contributed by atoms with Gasteiger partial charge in [0.15, 0.2) is 5.82 Å². The molecule has 1 fully saturated rings. The molecule has 4 rings (SSSR count). The number of rotatable bonds is 7. The second-order valence-electron chi connectivity index (χ2n) is 8.60. The fourth-order valence-corrected chi connectivity index (χ4v) is 3.96. The van der Waals surface area contributed by atoms with E-state index in [1.165, 1.54) is 5.56 Å². The molecule has 1 aliphatic rings. The van der Waals surface area contributed by atoms with Crippen LogP contribution >= 0.6 is 0 Å². The number of benzene rings is 1. The van der Waals surface area contributed by atoms with E-state index in [2.05, 4.69) is 39.3 Å². The van der Waals surface area contributed by atoms with Crippen LogP contribution in [0.1, 0.15) is 54.2 Å². The van der Waals surface area contributed by atoms with Gasteiger partial charge < -0.3 is 21.3 Å². The normalized spacial score (nSPS) is 16.0. The summed E-state index contributed by atoms with van der Waals surface area (Å²) >= 11 is 0. The Kier molecular flexibility index (Phi) is 7.14. The van der Waals surface area contributed by atoms with Gasteiger partial charge in [0.1, 0.15) is 11.6 Å². The summed E-state index contributed by atoms with van der Waals surface area (Å²) in [6.07, 6.45) is 5.36. The lowest BCUT2D eigenvalue weighted by atomic mass is 10.0. The molecule has 1 aromatic carbocycles. The first-order valence-corrected chi connectivity index (χ1v) is 11.4. The molecule has 0 aliphatic carbocycles. The van der Waals surface area contributed by atoms with E-state index in [9.17, 15) is 4.79 Å². The van der Waals surface area contributed by atoms with Crippen molar-refractivity contribution in [2.45, 2.75) is 45.2 Å². The minimum Gasteiger partial charge on any atom is -0.353 e. The highest BCUT2D eigenvalue weighted by molar-refractivity contribution is 5.94. The van der Waals surface area contributed by atoms with Crippen LogP contribution < -0.4 is 21.3 Å². The van der Waals surface area contributed by atoms with Gasteiger partial charge in [-0.25, -0.2) is 9.97 Å². The van der Waals surface area contributed by atoms with Crippen molar-refractivity contribution in [1.82, 2.24) is 20.3 Å². The SMILES string of the molecule is CC(C)c1ccc(C(=O)N[C@@H]2CCCN(c3cnc(CN)c(Nc4ccccn4)n3)C2)cc1. The number of nitrogens with zero attached hydrogens (tertiary/aromatic N) is 4. The lowest BCUT2D eigenvalue weighted by Gasteiger charge is -2.34. The molecular weight excluding hydrogens is 414 g/mol. The van der Waals surface area contributed by atoms with E-state index in [0.717, 1.165) is 25.2 Å². The molecule has 0 saturated carbocycles. The Morgan fingerprint density at radius 2 is 2.00 bits per heavy atom. The summed E-state index contributed by atoms with van der Waals surface area (Å²) in [6, 6.07) is 13.5. The van der Waals surface area contributed by atoms with Crippen LogP contribution in [-0.2, 0) is 6.54 Å². The first kappa shape index (κ1) is 22.7. The summed E-state index contributed by atoms with van der Waals surface area (Å²) < 4.78 is 0. The number of aromatic nitrogens is 3. The second-order valence-corrected chi connectivity index (χ2v) is 8.60. The van der Waals surface area contributed by atoms with E-state index < -0.39 is 0 Å². The van der Waals surface area contributed by atoms with Crippen molar-refractivity contribution in [2.24, 2.45) is 5.73 Å². The Hall–Kier alpha value is -3.52. The van der Waals surface area contributed by atoms with Crippen molar-refractivity contribution in [3.63, 3.8) is 0 Å². The molecule has 172 valence electrons. The van der Waals surface area contributed by atoms with Crippen molar-refractivity contribution in [1.29, 1.82) is 0 Å². The number of nitrogens with one attached hydrogen (secondary N) is 2. The van der Waals surface area contributed by atoms with E-state index in [-0.39, 0.29) is 18.5 Å². The summed E-state index contributed by atoms with van der Waals surface area (Å²) in [5, 5.41) is 6.41. The summed E-state index contributed by atoms with van der Waals surface area (Å²) in [5.74, 6) is 2.44. The zero-order chi connectivity index (χ0) is 23.2. The van der Waals surface area contributed by atoms with Crippen LogP contribution in [0.15, 0.2) is 54.9 Å². The fourth-order valence-electron chi connectivity index (χ4n) is 3.96. The number of hydrogen-bond donors (Lipinski definition) is 3. The first-order chi connectivity index (χ1) is 16.0. The Morgan fingerprint density at radius 3 is 2.70 bits per heavy atom. The maximum Gasteiger partial charge on any atom is 0.251 e. The van der Waals surface area contributed by atoms with Gasteiger partial charge >= 0.3 is 0 Å². The molecule has 33 heavy (non-hydrogen) atoms. The zero-order valence-corrected chi connectivity index (χ0v) is 19.2. The van der Waals surface area contributed by atoms with E-state index in [0.29, 0.717) is 35.4 Å². The lowest BCUT2D eigenvalue weighted by molar-refractivity contribution is 0.0933. The van der Waals surface area contributed by atoms with Crippen LogP contribution in [0, 0.1) is 0 Å². The number of carbonyl (C=O) groups excluding carboxylic acids is 1. The third-order valence-corrected chi connectivity index (χ3v) is 5.86. The molecule has 2 aromatic heterocycles. The van der Waals surface area contributed by atoms with E-state index in [1.54, 1.807) is 12.4 Å². The number of carbonyl (C=O) groups is 1. The smallest absolute Gasteiger partial charge is 0.251 e. The molecule has 0 bridgehead atoms. The van der Waals surface area contributed by atoms with Gasteiger partial charge in [0, 0.05) is 37.4 Å². The predicted octanol–water partition coefficient (Wildman–Crippen LogP) is 3.60. The van der Waals surface area contributed by atoms with Crippen molar-refractivity contribution >= 4 is 23.4 Å². The summed E-state index contributed by atoms with van der Waals surface area (Å²) in [4.78, 5) is 28.5. The predicted molar refractivity (Wildman–Crippen MR) is 131 cm³/mol. The monoisotopic (exact) mass is 445 g/mol. The number of nitrogens with two attached hydrogens (primary N) is 1. The largest absolute Gasteiger partial charge is 0.353 e. The minimum absolute atomic E-state index is 0.0409. The van der Waals surface area contributed by atoms with Crippen molar-refractivity contribution in [2.75, 3.05) is 23.3 Å². The summed E-state index contributed by atoms with van der Waals surface area (Å²) in [7, 11) is 0. The third kappa shape index (κ3) is 5.64. The van der Waals surface area contributed by atoms with Crippen molar-refractivity contribution in [3.8, 4) is 0 Å². The van der Waals surface area contributed by atoms with Gasteiger partial charge in [-0.1, -0.05) is 32.0 Å². The summed E-state index contributed by atoms with van der Waals surface area (Å²) in [6.45, 7) is 6.10. The van der Waals surface area contributed by atoms with E-state index in [1.807, 2.05) is 42.5 Å². The molecule has 0 unspecified atom stereocenters. The number of amides is 1. The molecular formula is C25H31N7O. The maximum absolute atomic E-state index is 12.8. The Balaban J connectivity index is 1.44. The van der Waals surface area contributed by atoms with Crippen LogP contribution in [0.5, 0.6) is 0 Å². The minimum atomic E-state index is -0.0424. The standard InChI is InChI=1S/C25H31N7O/c1-17(2)18-8-10-19(11-9-18)25(33)29-20-6-5-13-32(16-20)23-15-28-21(14-26)24(31-23)30-22-7-3-4-12-27-22/h3-4,7-12,15,17,20H,5-6,13-14,16,26H2,1-2H3,(H,29,33)(H,27,30,31)/t20-/m1/s1. The van der Waals surface area contributed by atoms with Gasteiger partial charge in [0.25, 0.3) is 5.91 Å². The van der Waals surface area contributed by atoms with Gasteiger partial charge in [0.2, 0.25) is 0 Å². The molecule has 1 saturated heterocycles. The highest BCUT2D eigenvalue weighted by Crippen LogP contribution is 2.23. The number of piperidine rings is 1. The van der Waals surface area contributed by atoms with Crippen LogP contribution in [0.2, 0.25) is 0 Å². The van der Waals surface area contributed by atoms with Crippen LogP contribution in [0.3, 0.4) is 0 Å². The molecule has 3 aromatic rings. The highest BCUT2D eigenvalue weighted by Gasteiger charge is 2.24. The van der Waals surface area contributed by atoms with Crippen molar-refractivity contribution < 1.29 is 4.79 Å². The molecule has 1 atom stereocenters. The number of hydrogen-bond acceptors (Lipinski definition) is 7. The average Bonchev–Trinajstić information content (AvgIpc) is 2.85. The van der Waals surface area contributed by atoms with Crippen LogP contribution in [0.25, 0.3) is 0 Å². The second kappa shape index (κ2) is 10.4. The number of pyridine rings is 1. The van der Waals surface area contributed by atoms with Gasteiger partial charge in [-0.05, 0) is 48.6 Å². The highest BCUT2D eigenvalue weighted by atomic mass is 16.1. The van der Waals surface area contributed by atoms with E-state index in [4.69, 9.17) is 10.7 Å². The van der Waals surface area contributed by atoms with Gasteiger partial charge in [-0.2, -0.15) is 0 Å². The summed E-state index contributed by atoms with van der Waals surface area (Å²) in [5.41, 5.74) is 8.46. The molecule has 8 nitrogen and oxygen atoms in total. The average molecular weight is 446 g/mol. The zero-order valence-electron chi connectivity index (χ0n) is 19.2. The van der Waals surface area contributed by atoms with Gasteiger partial charge in [-0.15, -0.1) is 0 Å². The van der Waals surface area contributed by atoms with Gasteiger partial charge in [0.05, 0.1) is 11.9 Å². The number of anilines is 3. The van der Waals surface area contributed by atoms with Crippen LogP contribution in [-0.4, -0.2) is 40.0 Å². The molecule has 0 radical (unpaired) electrons. The third-order valence-electron chi connectivity index (χ3n) is 5.86. The van der Waals surface area contributed by atoms with E-state index >= 15 is 0 Å². The first-order valence-electron chi connectivity index (χ1n) is 11.4. The van der Waals surface area contributed by atoms with Crippen LogP contribution in [0.4, 0.5) is 17.5 Å². The molecule has 1 amide bonds. The molecule has 0 spiro atoms. The topological polar surface area (TPSA) is 109 Å². The quantitative estimate of drug-likeness (QED) is 0.510. The molecule has 3 heterocycles. The Labute approximate surface area is 194 Å². The molecule has 1 aliphatic heterocycles. The fraction of sp³-hybridized carbons (Fsp3) is 0.360. The lowest BCUT2D eigenvalue weighted by Crippen LogP contribution is -2.48. The molecule has 8 heteroatoms. The van der Waals surface area contributed by atoms with Crippen molar-refractivity contribution in [3.05, 3.63) is 71.7 Å². The maximum atomic E-state index is 12.8. The Morgan fingerprint density at radius 1 is 1.18 bits per heavy atom. The molecule has 4 N–H and O–H groups in total.